The number of rotatable bonds is 8. The summed E-state index contributed by atoms with van der Waals surface area (Å²) in [7, 11) is 1.79. The van der Waals surface area contributed by atoms with Gasteiger partial charge in [-0.05, 0) is 25.0 Å². The fourth-order valence-corrected chi connectivity index (χ4v) is 4.63. The Kier molecular flexibility index (Phi) is 6.02. The van der Waals surface area contributed by atoms with Crippen LogP contribution in [-0.2, 0) is 11.8 Å². The van der Waals surface area contributed by atoms with E-state index in [1.54, 1.807) is 42.5 Å². The lowest BCUT2D eigenvalue weighted by atomic mass is 9.97. The Hall–Kier alpha value is -4.68. The van der Waals surface area contributed by atoms with Crippen molar-refractivity contribution in [3.63, 3.8) is 0 Å². The third-order valence-electron chi connectivity index (χ3n) is 6.73. The maximum Gasteiger partial charge on any atom is 0.298 e. The van der Waals surface area contributed by atoms with Crippen LogP contribution in [0.15, 0.2) is 41.2 Å². The van der Waals surface area contributed by atoms with E-state index in [9.17, 15) is 9.59 Å². The van der Waals surface area contributed by atoms with Gasteiger partial charge in [-0.1, -0.05) is 0 Å². The van der Waals surface area contributed by atoms with Crippen LogP contribution in [0.3, 0.4) is 0 Å². The van der Waals surface area contributed by atoms with E-state index < -0.39 is 5.91 Å². The second kappa shape index (κ2) is 9.65. The molecule has 1 aromatic carbocycles. The van der Waals surface area contributed by atoms with Gasteiger partial charge in [0.05, 0.1) is 23.8 Å². The molecule has 4 aromatic rings. The summed E-state index contributed by atoms with van der Waals surface area (Å²) in [5.41, 5.74) is 8.27. The van der Waals surface area contributed by atoms with Gasteiger partial charge in [-0.3, -0.25) is 14.3 Å². The number of hydrogen-bond acceptors (Lipinski definition) is 10. The lowest BCUT2D eigenvalue weighted by molar-refractivity contribution is -0.132. The number of nitrogens with zero attached hydrogens (tertiary/aromatic N) is 7. The van der Waals surface area contributed by atoms with Crippen LogP contribution in [0.2, 0.25) is 0 Å². The minimum absolute atomic E-state index is 0.00374. The van der Waals surface area contributed by atoms with Crippen LogP contribution in [0.5, 0.6) is 5.75 Å². The molecule has 2 aliphatic rings. The van der Waals surface area contributed by atoms with E-state index in [0.29, 0.717) is 47.3 Å². The van der Waals surface area contributed by atoms with Crippen molar-refractivity contribution in [2.24, 2.45) is 12.8 Å². The first-order chi connectivity index (χ1) is 18.4. The first-order valence-electron chi connectivity index (χ1n) is 12.4. The third-order valence-corrected chi connectivity index (χ3v) is 6.73. The summed E-state index contributed by atoms with van der Waals surface area (Å²) in [5.74, 6) is 0.212. The number of nitrogens with one attached hydrogen (secondary N) is 1. The first-order valence-corrected chi connectivity index (χ1v) is 12.4. The van der Waals surface area contributed by atoms with Crippen molar-refractivity contribution in [1.29, 1.82) is 0 Å². The highest BCUT2D eigenvalue weighted by atomic mass is 16.5. The second-order valence-electron chi connectivity index (χ2n) is 9.49. The average molecular weight is 518 g/mol. The van der Waals surface area contributed by atoms with Crippen LogP contribution in [0.25, 0.3) is 11.1 Å². The number of amides is 2. The summed E-state index contributed by atoms with van der Waals surface area (Å²) in [6.45, 7) is 2.80. The quantitative estimate of drug-likeness (QED) is 0.353. The molecule has 0 saturated carbocycles. The van der Waals surface area contributed by atoms with Gasteiger partial charge in [0.2, 0.25) is 0 Å². The normalized spacial score (nSPS) is 15.6. The molecule has 2 saturated heterocycles. The Labute approximate surface area is 217 Å². The molecular formula is C25H27N9O4. The Morgan fingerprint density at radius 3 is 2.74 bits per heavy atom. The van der Waals surface area contributed by atoms with Gasteiger partial charge in [0.1, 0.15) is 11.3 Å². The van der Waals surface area contributed by atoms with Gasteiger partial charge in [0, 0.05) is 51.4 Å². The molecule has 0 spiro atoms. The average Bonchev–Trinajstić information content (AvgIpc) is 3.63. The van der Waals surface area contributed by atoms with E-state index >= 15 is 0 Å². The van der Waals surface area contributed by atoms with Crippen LogP contribution in [0.4, 0.5) is 17.5 Å². The zero-order chi connectivity index (χ0) is 26.2. The number of oxazole rings is 1. The van der Waals surface area contributed by atoms with Crippen molar-refractivity contribution >= 4 is 40.4 Å². The van der Waals surface area contributed by atoms with E-state index in [2.05, 4.69) is 25.4 Å². The molecule has 2 amide bonds. The molecule has 2 fully saturated rings. The maximum atomic E-state index is 12.2. The van der Waals surface area contributed by atoms with Crippen molar-refractivity contribution in [3.05, 3.63) is 48.2 Å². The number of ether oxygens (including phenoxy) is 1. The first kappa shape index (κ1) is 23.7. The lowest BCUT2D eigenvalue weighted by Crippen LogP contribution is -2.45. The third kappa shape index (κ3) is 4.69. The largest absolute Gasteiger partial charge is 0.484 e. The van der Waals surface area contributed by atoms with Gasteiger partial charge in [-0.15, -0.1) is 0 Å². The summed E-state index contributed by atoms with van der Waals surface area (Å²) in [6, 6.07) is 5.83. The SMILES string of the molecule is Cn1cc(Nc2ncc(C3CN(c4nc5ccc(OCC(=O)N6CCCC6)cc5o4)C3)nc2C(N)=O)cn1. The maximum absolute atomic E-state index is 12.2. The molecule has 38 heavy (non-hydrogen) atoms. The molecule has 0 bridgehead atoms. The fourth-order valence-electron chi connectivity index (χ4n) is 4.63. The zero-order valence-electron chi connectivity index (χ0n) is 20.8. The molecule has 196 valence electrons. The number of carbonyl (C=O) groups is 2. The van der Waals surface area contributed by atoms with Gasteiger partial charge in [0.15, 0.2) is 23.7 Å². The van der Waals surface area contributed by atoms with Crippen molar-refractivity contribution in [2.45, 2.75) is 18.8 Å². The Morgan fingerprint density at radius 2 is 2.00 bits per heavy atom. The van der Waals surface area contributed by atoms with E-state index in [1.807, 2.05) is 15.9 Å². The minimum Gasteiger partial charge on any atom is -0.484 e. The Morgan fingerprint density at radius 1 is 1.18 bits per heavy atom. The number of aromatic nitrogens is 5. The summed E-state index contributed by atoms with van der Waals surface area (Å²) >= 11 is 0. The number of nitrogens with two attached hydrogens (primary N) is 1. The van der Waals surface area contributed by atoms with Crippen LogP contribution in [0.1, 0.15) is 34.9 Å². The van der Waals surface area contributed by atoms with E-state index in [4.69, 9.17) is 14.9 Å². The molecule has 0 atom stereocenters. The monoisotopic (exact) mass is 517 g/mol. The Bertz CT molecular complexity index is 1500. The standard InChI is InChI=1S/C25H27N9O4/c1-32-13-16(9-28-32)29-24-22(23(26)36)30-19(10-27-24)15-11-34(12-15)25-31-18-5-4-17(8-20(18)38-25)37-14-21(35)33-6-2-3-7-33/h4-5,8-10,13,15H,2-3,6-7,11-12,14H2,1H3,(H2,26,36)(H,27,29). The van der Waals surface area contributed by atoms with Gasteiger partial charge >= 0.3 is 0 Å². The molecule has 13 heteroatoms. The van der Waals surface area contributed by atoms with Crippen molar-refractivity contribution in [2.75, 3.05) is 43.0 Å². The van der Waals surface area contributed by atoms with E-state index in [0.717, 1.165) is 25.9 Å². The molecule has 13 nitrogen and oxygen atoms in total. The predicted molar refractivity (Wildman–Crippen MR) is 137 cm³/mol. The van der Waals surface area contributed by atoms with Crippen molar-refractivity contribution in [3.8, 4) is 5.75 Å². The highest BCUT2D eigenvalue weighted by Gasteiger charge is 2.33. The van der Waals surface area contributed by atoms with Gasteiger partial charge in [0.25, 0.3) is 17.8 Å². The lowest BCUT2D eigenvalue weighted by Gasteiger charge is -2.37. The number of benzene rings is 1. The van der Waals surface area contributed by atoms with Crippen molar-refractivity contribution < 1.29 is 18.7 Å². The smallest absolute Gasteiger partial charge is 0.298 e. The summed E-state index contributed by atoms with van der Waals surface area (Å²) in [4.78, 5) is 41.6. The predicted octanol–water partition coefficient (Wildman–Crippen LogP) is 1.80. The molecule has 2 aliphatic heterocycles. The van der Waals surface area contributed by atoms with Gasteiger partial charge in [-0.2, -0.15) is 10.1 Å². The molecule has 6 rings (SSSR count). The van der Waals surface area contributed by atoms with Gasteiger partial charge < -0.3 is 30.0 Å². The van der Waals surface area contributed by atoms with Crippen LogP contribution in [-0.4, -0.2) is 74.2 Å². The van der Waals surface area contributed by atoms with Crippen molar-refractivity contribution in [1.82, 2.24) is 29.6 Å². The van der Waals surface area contributed by atoms with E-state index in [-0.39, 0.29) is 29.9 Å². The molecule has 0 aliphatic carbocycles. The van der Waals surface area contributed by atoms with Crippen LogP contribution >= 0.6 is 0 Å². The topological polar surface area (TPSA) is 158 Å². The number of fused-ring (bicyclic) bond motifs is 1. The minimum atomic E-state index is -0.666. The van der Waals surface area contributed by atoms with Crippen LogP contribution < -0.4 is 20.7 Å². The number of carbonyl (C=O) groups excluding carboxylic acids is 2. The highest BCUT2D eigenvalue weighted by molar-refractivity contribution is 5.96. The van der Waals surface area contributed by atoms with Gasteiger partial charge in [-0.25, -0.2) is 9.97 Å². The number of primary amides is 1. The fraction of sp³-hybridized carbons (Fsp3) is 0.360. The second-order valence-corrected chi connectivity index (χ2v) is 9.49. The summed E-state index contributed by atoms with van der Waals surface area (Å²) in [6.07, 6.45) is 7.11. The highest BCUT2D eigenvalue weighted by Crippen LogP contribution is 2.33. The summed E-state index contributed by atoms with van der Waals surface area (Å²) < 4.78 is 13.3. The molecule has 5 heterocycles. The number of hydrogen-bond donors (Lipinski definition) is 2. The molecule has 3 aromatic heterocycles. The van der Waals surface area contributed by atoms with E-state index in [1.165, 1.54) is 0 Å². The summed E-state index contributed by atoms with van der Waals surface area (Å²) in [5, 5.41) is 7.13. The zero-order valence-corrected chi connectivity index (χ0v) is 20.8. The number of likely N-dealkylation sites (tertiary alicyclic amines) is 1. The molecule has 0 unspecified atom stereocenters. The molecule has 3 N–H and O–H groups in total. The van der Waals surface area contributed by atoms with Crippen LogP contribution in [0, 0.1) is 0 Å². The Balaban J connectivity index is 1.10. The molecule has 0 radical (unpaired) electrons. The number of aryl methyl sites for hydroxylation is 1. The number of anilines is 3. The molecular weight excluding hydrogens is 490 g/mol.